The fraction of sp³-hybridized carbons (Fsp3) is 0.567. The predicted octanol–water partition coefficient (Wildman–Crippen LogP) is 7.99. The fourth-order valence-electron chi connectivity index (χ4n) is 3.07. The molecule has 1 fully saturated rings. The number of hydrogen-bond donors (Lipinski definition) is 1. The molecule has 5 heteroatoms. The van der Waals surface area contributed by atoms with Gasteiger partial charge in [-0.25, -0.2) is 0 Å². The highest BCUT2D eigenvalue weighted by Crippen LogP contribution is 2.20. The Bertz CT molecular complexity index is 780. The van der Waals surface area contributed by atoms with Crippen LogP contribution < -0.4 is 5.32 Å². The van der Waals surface area contributed by atoms with E-state index in [-0.39, 0.29) is 11.9 Å². The maximum absolute atomic E-state index is 12.0. The SMILES string of the molecule is C1CCC1.CC.CCC(CNC)O/C(C(C)=O)=C(/C)N(CC)Cc1cccs1.Cc1ccccc1. The highest BCUT2D eigenvalue weighted by Gasteiger charge is 2.19. The maximum Gasteiger partial charge on any atom is 0.196 e. The normalized spacial score (nSPS) is 13.1. The van der Waals surface area contributed by atoms with Gasteiger partial charge in [0.15, 0.2) is 11.5 Å². The van der Waals surface area contributed by atoms with E-state index in [1.54, 1.807) is 18.3 Å². The van der Waals surface area contributed by atoms with Crippen LogP contribution in [0.3, 0.4) is 0 Å². The Morgan fingerprint density at radius 3 is 1.97 bits per heavy atom. The number of ketones is 1. The van der Waals surface area contributed by atoms with Crippen molar-refractivity contribution in [3.05, 3.63) is 69.7 Å². The largest absolute Gasteiger partial charge is 0.484 e. The van der Waals surface area contributed by atoms with Crippen LogP contribution in [0.15, 0.2) is 59.3 Å². The van der Waals surface area contributed by atoms with Crippen molar-refractivity contribution in [1.29, 1.82) is 0 Å². The standard InChI is InChI=1S/C17H28N2O2S.C7H8.C4H8.C2H6/c1-6-15(11-18-5)21-17(14(4)20)13(3)19(7-2)12-16-9-8-10-22-16;1-7-5-3-2-4-6-7;1-2-4-3-1;1-2/h8-10,15,18H,6-7,11-12H2,1-5H3;2-6H,1H3;1-4H2;1-2H3/b17-13-;;;. The Hall–Kier alpha value is -2.11. The minimum atomic E-state index is -0.0170. The van der Waals surface area contributed by atoms with Crippen molar-refractivity contribution in [2.75, 3.05) is 20.1 Å². The minimum Gasteiger partial charge on any atom is -0.484 e. The second-order valence-electron chi connectivity index (χ2n) is 8.34. The number of thiophene rings is 1. The van der Waals surface area contributed by atoms with E-state index in [0.29, 0.717) is 5.76 Å². The number of allylic oxidation sites excluding steroid dienone is 2. The third-order valence-electron chi connectivity index (χ3n) is 5.54. The Kier molecular flexibility index (Phi) is 19.9. The number of Topliss-reactive ketones (excluding diaryl/α,β-unsaturated/α-hetero) is 1. The van der Waals surface area contributed by atoms with Gasteiger partial charge in [0.05, 0.1) is 12.2 Å². The molecular weight excluding hydrogens is 452 g/mol. The van der Waals surface area contributed by atoms with E-state index in [9.17, 15) is 4.79 Å². The van der Waals surface area contributed by atoms with Crippen molar-refractivity contribution in [3.8, 4) is 0 Å². The minimum absolute atomic E-state index is 0.0132. The summed E-state index contributed by atoms with van der Waals surface area (Å²) in [6.07, 6.45) is 6.88. The smallest absolute Gasteiger partial charge is 0.196 e. The van der Waals surface area contributed by atoms with Crippen molar-refractivity contribution >= 4 is 17.1 Å². The van der Waals surface area contributed by atoms with Gasteiger partial charge < -0.3 is 15.0 Å². The van der Waals surface area contributed by atoms with Crippen molar-refractivity contribution in [3.63, 3.8) is 0 Å². The van der Waals surface area contributed by atoms with Gasteiger partial charge in [0.1, 0.15) is 6.10 Å². The molecule has 1 atom stereocenters. The topological polar surface area (TPSA) is 41.6 Å². The highest BCUT2D eigenvalue weighted by molar-refractivity contribution is 7.09. The number of nitrogens with zero attached hydrogens (tertiary/aromatic N) is 1. The van der Waals surface area contributed by atoms with Gasteiger partial charge in [-0.05, 0) is 45.7 Å². The van der Waals surface area contributed by atoms with E-state index < -0.39 is 0 Å². The van der Waals surface area contributed by atoms with Crippen molar-refractivity contribution in [2.45, 2.75) is 93.2 Å². The zero-order valence-corrected chi connectivity index (χ0v) is 24.3. The molecule has 0 saturated heterocycles. The zero-order chi connectivity index (χ0) is 26.5. The Labute approximate surface area is 219 Å². The molecule has 1 aromatic carbocycles. The molecular formula is C30H50N2O2S. The number of rotatable bonds is 10. The van der Waals surface area contributed by atoms with Crippen LogP contribution in [0.2, 0.25) is 0 Å². The van der Waals surface area contributed by atoms with E-state index in [0.717, 1.165) is 31.8 Å². The number of carbonyl (C=O) groups is 1. The van der Waals surface area contributed by atoms with E-state index in [1.807, 2.05) is 46.0 Å². The zero-order valence-electron chi connectivity index (χ0n) is 23.5. The van der Waals surface area contributed by atoms with Crippen molar-refractivity contribution < 1.29 is 9.53 Å². The molecule has 2 aromatic rings. The summed E-state index contributed by atoms with van der Waals surface area (Å²) in [6.45, 7) is 16.2. The second kappa shape index (κ2) is 21.2. The van der Waals surface area contributed by atoms with Crippen LogP contribution in [0.4, 0.5) is 0 Å². The maximum atomic E-state index is 12.0. The molecule has 0 amide bonds. The molecule has 1 heterocycles. The first-order valence-corrected chi connectivity index (χ1v) is 14.1. The van der Waals surface area contributed by atoms with Crippen LogP contribution in [0.5, 0.6) is 0 Å². The second-order valence-corrected chi connectivity index (χ2v) is 9.37. The van der Waals surface area contributed by atoms with Crippen LogP contribution in [-0.2, 0) is 16.1 Å². The summed E-state index contributed by atoms with van der Waals surface area (Å²) in [5.41, 5.74) is 2.24. The third kappa shape index (κ3) is 14.8. The predicted molar refractivity (Wildman–Crippen MR) is 154 cm³/mol. The van der Waals surface area contributed by atoms with E-state index in [2.05, 4.69) is 60.6 Å². The molecule has 4 nitrogen and oxygen atoms in total. The Morgan fingerprint density at radius 1 is 1.03 bits per heavy atom. The quantitative estimate of drug-likeness (QED) is 0.264. The lowest BCUT2D eigenvalue weighted by atomic mass is 10.0. The summed E-state index contributed by atoms with van der Waals surface area (Å²) in [5, 5.41) is 5.18. The molecule has 1 aliphatic rings. The molecule has 3 rings (SSSR count). The molecule has 0 spiro atoms. The summed E-state index contributed by atoms with van der Waals surface area (Å²) in [6, 6.07) is 14.4. The van der Waals surface area contributed by atoms with Crippen LogP contribution in [-0.4, -0.2) is 36.9 Å². The molecule has 198 valence electrons. The number of aryl methyl sites for hydroxylation is 1. The number of carbonyl (C=O) groups excluding carboxylic acids is 1. The number of nitrogens with one attached hydrogen (secondary N) is 1. The van der Waals surface area contributed by atoms with Gasteiger partial charge in [-0.15, -0.1) is 11.3 Å². The third-order valence-corrected chi connectivity index (χ3v) is 6.40. The first-order valence-electron chi connectivity index (χ1n) is 13.2. The molecule has 1 aromatic heterocycles. The van der Waals surface area contributed by atoms with Crippen molar-refractivity contribution in [2.24, 2.45) is 0 Å². The first kappa shape index (κ1) is 32.9. The molecule has 0 radical (unpaired) electrons. The lowest BCUT2D eigenvalue weighted by molar-refractivity contribution is -0.118. The van der Waals surface area contributed by atoms with Gasteiger partial charge in [-0.1, -0.05) is 88.4 Å². The van der Waals surface area contributed by atoms with Gasteiger partial charge in [-0.3, -0.25) is 4.79 Å². The Morgan fingerprint density at radius 2 is 1.63 bits per heavy atom. The average Bonchev–Trinajstić information content (AvgIpc) is 3.34. The van der Waals surface area contributed by atoms with Gasteiger partial charge in [0, 0.05) is 24.9 Å². The lowest BCUT2D eigenvalue weighted by Crippen LogP contribution is -2.30. The molecule has 1 unspecified atom stereocenters. The molecule has 1 N–H and O–H groups in total. The van der Waals surface area contributed by atoms with Crippen LogP contribution in [0, 0.1) is 6.92 Å². The highest BCUT2D eigenvalue weighted by atomic mass is 32.1. The lowest BCUT2D eigenvalue weighted by Gasteiger charge is -2.27. The fourth-order valence-corrected chi connectivity index (χ4v) is 3.79. The molecule has 1 saturated carbocycles. The summed E-state index contributed by atoms with van der Waals surface area (Å²) < 4.78 is 5.99. The van der Waals surface area contributed by atoms with E-state index >= 15 is 0 Å². The van der Waals surface area contributed by atoms with Gasteiger partial charge >= 0.3 is 0 Å². The monoisotopic (exact) mass is 502 g/mol. The molecule has 0 bridgehead atoms. The summed E-state index contributed by atoms with van der Waals surface area (Å²) in [4.78, 5) is 15.5. The number of benzene rings is 1. The van der Waals surface area contributed by atoms with Crippen molar-refractivity contribution in [1.82, 2.24) is 10.2 Å². The van der Waals surface area contributed by atoms with E-state index in [1.165, 1.54) is 36.1 Å². The van der Waals surface area contributed by atoms with Gasteiger partial charge in [0.25, 0.3) is 0 Å². The van der Waals surface area contributed by atoms with E-state index in [4.69, 9.17) is 4.74 Å². The van der Waals surface area contributed by atoms with Crippen LogP contribution in [0.1, 0.15) is 84.1 Å². The summed E-state index contributed by atoms with van der Waals surface area (Å²) in [7, 11) is 1.89. The van der Waals surface area contributed by atoms with Gasteiger partial charge in [0.2, 0.25) is 0 Å². The molecule has 0 aliphatic heterocycles. The Balaban J connectivity index is 0.000000715. The number of likely N-dealkylation sites (N-methyl/N-ethyl adjacent to an activating group) is 1. The summed E-state index contributed by atoms with van der Waals surface area (Å²) >= 11 is 1.73. The van der Waals surface area contributed by atoms with Crippen LogP contribution >= 0.6 is 11.3 Å². The average molecular weight is 503 g/mol. The summed E-state index contributed by atoms with van der Waals surface area (Å²) in [5.74, 6) is 0.470. The number of ether oxygens (including phenoxy) is 1. The molecule has 1 aliphatic carbocycles. The number of hydrogen-bond acceptors (Lipinski definition) is 5. The van der Waals surface area contributed by atoms with Gasteiger partial charge in [-0.2, -0.15) is 0 Å². The first-order chi connectivity index (χ1) is 16.9. The molecule has 35 heavy (non-hydrogen) atoms. The van der Waals surface area contributed by atoms with Crippen LogP contribution in [0.25, 0.3) is 0 Å².